The van der Waals surface area contributed by atoms with Gasteiger partial charge >= 0.3 is 0 Å². The van der Waals surface area contributed by atoms with Crippen molar-refractivity contribution in [1.29, 1.82) is 0 Å². The van der Waals surface area contributed by atoms with Crippen LogP contribution in [-0.4, -0.2) is 60.3 Å². The van der Waals surface area contributed by atoms with Gasteiger partial charge in [0.05, 0.1) is 22.9 Å². The van der Waals surface area contributed by atoms with Gasteiger partial charge in [-0.15, -0.1) is 0 Å². The number of nitrogens with zero attached hydrogens (tertiary/aromatic N) is 6. The smallest absolute Gasteiger partial charge is 0.282 e. The molecular weight excluding hydrogens is 502 g/mol. The molecule has 0 bridgehead atoms. The largest absolute Gasteiger partial charge is 0.353 e. The van der Waals surface area contributed by atoms with Crippen molar-refractivity contribution >= 4 is 45.1 Å². The number of carbonyl (C=O) groups is 2. The van der Waals surface area contributed by atoms with Crippen LogP contribution in [0.15, 0.2) is 55.5 Å². The number of aromatic nitrogens is 5. The molecule has 13 heteroatoms. The number of pyridine rings is 2. The molecular formula is C24H22F2N8O2S. The van der Waals surface area contributed by atoms with Crippen LogP contribution in [0.4, 0.5) is 19.7 Å². The highest BCUT2D eigenvalue weighted by Gasteiger charge is 2.34. The molecule has 2 amide bonds. The first kappa shape index (κ1) is 24.4. The SMILES string of the molecule is C=C(F)C(=O)N1CCCC1C(=O)NCCn1cnc2cnc(Nc3ncc(-c4ncccc4F)s3)cc21. The first-order valence-corrected chi connectivity index (χ1v) is 12.3. The fraction of sp³-hybridized carbons (Fsp3) is 0.250. The molecule has 5 heterocycles. The number of hydrogen-bond acceptors (Lipinski definition) is 8. The summed E-state index contributed by atoms with van der Waals surface area (Å²) in [4.78, 5) is 43.4. The van der Waals surface area contributed by atoms with E-state index >= 15 is 0 Å². The summed E-state index contributed by atoms with van der Waals surface area (Å²) in [5.74, 6) is -2.14. The lowest BCUT2D eigenvalue weighted by Gasteiger charge is -2.23. The topological polar surface area (TPSA) is 118 Å². The van der Waals surface area contributed by atoms with Gasteiger partial charge in [-0.3, -0.25) is 14.6 Å². The highest BCUT2D eigenvalue weighted by molar-refractivity contribution is 7.18. The van der Waals surface area contributed by atoms with Gasteiger partial charge in [-0.25, -0.2) is 23.7 Å². The Labute approximate surface area is 214 Å². The van der Waals surface area contributed by atoms with Crippen LogP contribution < -0.4 is 10.6 Å². The van der Waals surface area contributed by atoms with Crippen LogP contribution in [0.25, 0.3) is 21.6 Å². The molecule has 5 rings (SSSR count). The zero-order valence-electron chi connectivity index (χ0n) is 19.5. The molecule has 1 fully saturated rings. The van der Waals surface area contributed by atoms with E-state index in [9.17, 15) is 18.4 Å². The lowest BCUT2D eigenvalue weighted by Crippen LogP contribution is -2.46. The maximum atomic E-state index is 14.0. The second kappa shape index (κ2) is 10.4. The third kappa shape index (κ3) is 5.16. The van der Waals surface area contributed by atoms with Crippen LogP contribution in [0.1, 0.15) is 12.8 Å². The van der Waals surface area contributed by atoms with E-state index in [0.717, 1.165) is 5.52 Å². The van der Waals surface area contributed by atoms with Crippen LogP contribution in [-0.2, 0) is 16.1 Å². The van der Waals surface area contributed by atoms with Crippen molar-refractivity contribution < 1.29 is 18.4 Å². The molecule has 4 aromatic rings. The Morgan fingerprint density at radius 1 is 1.22 bits per heavy atom. The number of thiazole rings is 1. The van der Waals surface area contributed by atoms with E-state index in [2.05, 4.69) is 37.1 Å². The lowest BCUT2D eigenvalue weighted by molar-refractivity contribution is -0.136. The number of likely N-dealkylation sites (tertiary alicyclic amines) is 1. The maximum Gasteiger partial charge on any atom is 0.282 e. The number of fused-ring (bicyclic) bond motifs is 1. The van der Waals surface area contributed by atoms with Crippen LogP contribution in [0.3, 0.4) is 0 Å². The standard InChI is InChI=1S/C24H22F2N8O2S/c1-14(25)23(36)34-8-3-5-17(34)22(35)28-7-9-33-13-31-16-11-29-20(10-18(16)33)32-24-30-12-19(37-24)21-15(26)4-2-6-27-21/h2,4,6,10-13,17H,1,3,5,7-9H2,(H,28,35)(H,29,30,32). The van der Waals surface area contributed by atoms with Crippen molar-refractivity contribution in [2.24, 2.45) is 0 Å². The number of carbonyl (C=O) groups excluding carboxylic acids is 2. The maximum absolute atomic E-state index is 14.0. The predicted molar refractivity (Wildman–Crippen MR) is 134 cm³/mol. The van der Waals surface area contributed by atoms with Crippen LogP contribution in [0.2, 0.25) is 0 Å². The lowest BCUT2D eigenvalue weighted by atomic mass is 10.2. The molecule has 1 unspecified atom stereocenters. The van der Waals surface area contributed by atoms with Gasteiger partial charge in [0, 0.05) is 38.1 Å². The van der Waals surface area contributed by atoms with E-state index in [-0.39, 0.29) is 18.1 Å². The summed E-state index contributed by atoms with van der Waals surface area (Å²) < 4.78 is 29.2. The first-order valence-electron chi connectivity index (χ1n) is 11.5. The quantitative estimate of drug-likeness (QED) is 0.339. The predicted octanol–water partition coefficient (Wildman–Crippen LogP) is 3.42. The van der Waals surface area contributed by atoms with Crippen LogP contribution >= 0.6 is 11.3 Å². The minimum Gasteiger partial charge on any atom is -0.353 e. The van der Waals surface area contributed by atoms with E-state index in [4.69, 9.17) is 0 Å². The molecule has 37 heavy (non-hydrogen) atoms. The molecule has 4 aromatic heterocycles. The highest BCUT2D eigenvalue weighted by atomic mass is 32.1. The van der Waals surface area contributed by atoms with Crippen molar-refractivity contribution in [1.82, 2.24) is 34.7 Å². The highest BCUT2D eigenvalue weighted by Crippen LogP contribution is 2.31. The zero-order valence-corrected chi connectivity index (χ0v) is 20.3. The van der Waals surface area contributed by atoms with Gasteiger partial charge in [-0.05, 0) is 25.0 Å². The van der Waals surface area contributed by atoms with Crippen molar-refractivity contribution in [3.05, 3.63) is 61.3 Å². The van der Waals surface area contributed by atoms with E-state index in [1.807, 2.05) is 4.57 Å². The summed E-state index contributed by atoms with van der Waals surface area (Å²) in [5, 5.41) is 6.46. The summed E-state index contributed by atoms with van der Waals surface area (Å²) >= 11 is 1.25. The molecule has 1 aliphatic rings. The number of anilines is 2. The normalized spacial score (nSPS) is 15.2. The summed E-state index contributed by atoms with van der Waals surface area (Å²) in [6, 6.07) is 3.97. The molecule has 2 N–H and O–H groups in total. The second-order valence-corrected chi connectivity index (χ2v) is 9.37. The van der Waals surface area contributed by atoms with Gasteiger partial charge in [-0.2, -0.15) is 0 Å². The average Bonchev–Trinajstić information content (AvgIpc) is 3.64. The van der Waals surface area contributed by atoms with E-state index in [1.54, 1.807) is 24.8 Å². The van der Waals surface area contributed by atoms with E-state index in [0.29, 0.717) is 47.3 Å². The van der Waals surface area contributed by atoms with Gasteiger partial charge in [0.25, 0.3) is 5.91 Å². The first-order chi connectivity index (χ1) is 17.9. The monoisotopic (exact) mass is 524 g/mol. The third-order valence-electron chi connectivity index (χ3n) is 5.94. The van der Waals surface area contributed by atoms with Crippen LogP contribution in [0.5, 0.6) is 0 Å². The summed E-state index contributed by atoms with van der Waals surface area (Å²) in [6.07, 6.45) is 7.44. The Bertz CT molecular complexity index is 1490. The summed E-state index contributed by atoms with van der Waals surface area (Å²) in [7, 11) is 0. The van der Waals surface area contributed by atoms with Gasteiger partial charge in [0.1, 0.15) is 28.9 Å². The van der Waals surface area contributed by atoms with Crippen molar-refractivity contribution in [2.45, 2.75) is 25.4 Å². The van der Waals surface area contributed by atoms with Gasteiger partial charge in [0.2, 0.25) is 5.91 Å². The van der Waals surface area contributed by atoms with Crippen molar-refractivity contribution in [2.75, 3.05) is 18.4 Å². The molecule has 1 aliphatic heterocycles. The van der Waals surface area contributed by atoms with Crippen LogP contribution in [0, 0.1) is 5.82 Å². The number of rotatable bonds is 8. The number of imidazole rings is 1. The minimum atomic E-state index is -1.07. The molecule has 0 radical (unpaired) electrons. The minimum absolute atomic E-state index is 0.233. The molecule has 10 nitrogen and oxygen atoms in total. The Morgan fingerprint density at radius 3 is 2.89 bits per heavy atom. The molecule has 0 spiro atoms. The molecule has 0 aromatic carbocycles. The molecule has 0 aliphatic carbocycles. The molecule has 1 saturated heterocycles. The number of amides is 2. The van der Waals surface area contributed by atoms with Gasteiger partial charge < -0.3 is 20.1 Å². The Kier molecular flexibility index (Phi) is 6.86. The molecule has 190 valence electrons. The molecule has 1 atom stereocenters. The average molecular weight is 525 g/mol. The summed E-state index contributed by atoms with van der Waals surface area (Å²) in [6.45, 7) is 4.07. The number of nitrogens with one attached hydrogen (secondary N) is 2. The Balaban J connectivity index is 1.23. The molecule has 0 saturated carbocycles. The van der Waals surface area contributed by atoms with Gasteiger partial charge in [-0.1, -0.05) is 17.9 Å². The summed E-state index contributed by atoms with van der Waals surface area (Å²) in [5.41, 5.74) is 1.68. The van der Waals surface area contributed by atoms with Gasteiger partial charge in [0.15, 0.2) is 11.0 Å². The van der Waals surface area contributed by atoms with Crippen molar-refractivity contribution in [3.63, 3.8) is 0 Å². The van der Waals surface area contributed by atoms with E-state index < -0.39 is 23.6 Å². The number of hydrogen-bond donors (Lipinski definition) is 2. The Morgan fingerprint density at radius 2 is 2.08 bits per heavy atom. The van der Waals surface area contributed by atoms with E-state index in [1.165, 1.54) is 34.6 Å². The fourth-order valence-electron chi connectivity index (χ4n) is 4.18. The number of halogens is 2. The van der Waals surface area contributed by atoms with Crippen molar-refractivity contribution in [3.8, 4) is 10.6 Å². The second-order valence-electron chi connectivity index (χ2n) is 8.34. The fourth-order valence-corrected chi connectivity index (χ4v) is 5.00. The third-order valence-corrected chi connectivity index (χ3v) is 6.86. The Hall–Kier alpha value is -4.26. The zero-order chi connectivity index (χ0) is 25.9.